The summed E-state index contributed by atoms with van der Waals surface area (Å²) in [6.07, 6.45) is 1.29. The number of hydrogen-bond acceptors (Lipinski definition) is 5. The molecular formula is C13H19ClN2O2S2. The van der Waals surface area contributed by atoms with Gasteiger partial charge in [0.1, 0.15) is 5.37 Å². The molecule has 0 saturated carbocycles. The van der Waals surface area contributed by atoms with Crippen LogP contribution in [-0.4, -0.2) is 38.1 Å². The Bertz CT molecular complexity index is 590. The standard InChI is InChI=1S/C13H19ClN2O2S2/c1-9(15)11-4-3-10(7-12(11)14)16-5-6-19-8-13(16)20(2,17)18/h3-4,7,9,13H,5-6,8,15H2,1-2H3. The molecule has 0 spiro atoms. The Kier molecular flexibility index (Phi) is 4.89. The second-order valence-corrected chi connectivity index (χ2v) is 8.81. The van der Waals surface area contributed by atoms with Gasteiger partial charge >= 0.3 is 0 Å². The summed E-state index contributed by atoms with van der Waals surface area (Å²) in [7, 11) is -3.13. The van der Waals surface area contributed by atoms with Gasteiger partial charge in [0.05, 0.1) is 0 Å². The highest BCUT2D eigenvalue weighted by molar-refractivity contribution is 8.01. The number of rotatable bonds is 3. The highest BCUT2D eigenvalue weighted by Gasteiger charge is 2.31. The van der Waals surface area contributed by atoms with E-state index in [4.69, 9.17) is 17.3 Å². The number of halogens is 1. The summed E-state index contributed by atoms with van der Waals surface area (Å²) in [6.45, 7) is 2.58. The summed E-state index contributed by atoms with van der Waals surface area (Å²) < 4.78 is 23.8. The Labute approximate surface area is 129 Å². The average Bonchev–Trinajstić information content (AvgIpc) is 2.37. The van der Waals surface area contributed by atoms with E-state index in [1.165, 1.54) is 6.26 Å². The Morgan fingerprint density at radius 1 is 1.50 bits per heavy atom. The van der Waals surface area contributed by atoms with E-state index in [0.29, 0.717) is 17.3 Å². The van der Waals surface area contributed by atoms with Crippen LogP contribution in [0.25, 0.3) is 0 Å². The van der Waals surface area contributed by atoms with Gasteiger partial charge in [-0.1, -0.05) is 17.7 Å². The van der Waals surface area contributed by atoms with Gasteiger partial charge in [0.15, 0.2) is 9.84 Å². The third-order valence-electron chi connectivity index (χ3n) is 3.39. The van der Waals surface area contributed by atoms with Gasteiger partial charge in [-0.15, -0.1) is 0 Å². The Hall–Kier alpha value is -0.430. The summed E-state index contributed by atoms with van der Waals surface area (Å²) in [5, 5.41) is 0.0986. The van der Waals surface area contributed by atoms with Crippen molar-refractivity contribution in [2.75, 3.05) is 29.2 Å². The Morgan fingerprint density at radius 2 is 2.20 bits per heavy atom. The van der Waals surface area contributed by atoms with E-state index in [-0.39, 0.29) is 6.04 Å². The summed E-state index contributed by atoms with van der Waals surface area (Å²) >= 11 is 7.91. The number of thioether (sulfide) groups is 1. The van der Waals surface area contributed by atoms with Crippen LogP contribution in [0.1, 0.15) is 18.5 Å². The van der Waals surface area contributed by atoms with Crippen LogP contribution in [0, 0.1) is 0 Å². The molecule has 112 valence electrons. The minimum atomic E-state index is -3.13. The van der Waals surface area contributed by atoms with Gasteiger partial charge in [0, 0.05) is 41.1 Å². The van der Waals surface area contributed by atoms with Gasteiger partial charge in [0.2, 0.25) is 0 Å². The SMILES string of the molecule is CC(N)c1ccc(N2CCSCC2S(C)(=O)=O)cc1Cl. The van der Waals surface area contributed by atoms with Crippen molar-refractivity contribution in [3.63, 3.8) is 0 Å². The van der Waals surface area contributed by atoms with E-state index >= 15 is 0 Å². The number of anilines is 1. The molecule has 1 saturated heterocycles. The quantitative estimate of drug-likeness (QED) is 0.918. The first-order chi connectivity index (χ1) is 9.30. The van der Waals surface area contributed by atoms with Gasteiger partial charge in [-0.2, -0.15) is 11.8 Å². The first-order valence-corrected chi connectivity index (χ1v) is 9.87. The topological polar surface area (TPSA) is 63.4 Å². The lowest BCUT2D eigenvalue weighted by Crippen LogP contribution is -2.47. The Morgan fingerprint density at radius 3 is 2.75 bits per heavy atom. The van der Waals surface area contributed by atoms with Crippen molar-refractivity contribution < 1.29 is 8.42 Å². The first-order valence-electron chi connectivity index (χ1n) is 6.39. The highest BCUT2D eigenvalue weighted by Crippen LogP contribution is 2.31. The predicted molar refractivity (Wildman–Crippen MR) is 87.4 cm³/mol. The van der Waals surface area contributed by atoms with Crippen molar-refractivity contribution in [1.82, 2.24) is 0 Å². The van der Waals surface area contributed by atoms with Crippen LogP contribution < -0.4 is 10.6 Å². The van der Waals surface area contributed by atoms with Crippen molar-refractivity contribution in [2.45, 2.75) is 18.3 Å². The van der Waals surface area contributed by atoms with E-state index in [1.54, 1.807) is 11.8 Å². The first kappa shape index (κ1) is 15.9. The highest BCUT2D eigenvalue weighted by atomic mass is 35.5. The van der Waals surface area contributed by atoms with Crippen LogP contribution >= 0.6 is 23.4 Å². The molecule has 2 rings (SSSR count). The fourth-order valence-corrected chi connectivity index (χ4v) is 5.48. The van der Waals surface area contributed by atoms with E-state index < -0.39 is 15.2 Å². The Balaban J connectivity index is 2.36. The van der Waals surface area contributed by atoms with E-state index in [2.05, 4.69) is 0 Å². The second kappa shape index (κ2) is 6.13. The normalized spacial score (nSPS) is 21.8. The third-order valence-corrected chi connectivity index (χ3v) is 6.36. The smallest absolute Gasteiger partial charge is 0.169 e. The van der Waals surface area contributed by atoms with E-state index in [9.17, 15) is 8.42 Å². The molecule has 7 heteroatoms. The molecule has 0 aromatic heterocycles. The summed E-state index contributed by atoms with van der Waals surface area (Å²) in [5.74, 6) is 1.50. The molecule has 2 N–H and O–H groups in total. The molecule has 1 aliphatic heterocycles. The molecule has 1 aromatic rings. The monoisotopic (exact) mass is 334 g/mol. The van der Waals surface area contributed by atoms with Gasteiger partial charge in [-0.05, 0) is 24.6 Å². The van der Waals surface area contributed by atoms with Crippen LogP contribution in [0.2, 0.25) is 5.02 Å². The molecule has 2 unspecified atom stereocenters. The molecule has 0 aliphatic carbocycles. The van der Waals surface area contributed by atoms with Crippen LogP contribution in [0.15, 0.2) is 18.2 Å². The fraction of sp³-hybridized carbons (Fsp3) is 0.538. The van der Waals surface area contributed by atoms with Crippen LogP contribution in [-0.2, 0) is 9.84 Å². The van der Waals surface area contributed by atoms with Gasteiger partial charge in [0.25, 0.3) is 0 Å². The number of benzene rings is 1. The number of hydrogen-bond donors (Lipinski definition) is 1. The maximum Gasteiger partial charge on any atom is 0.169 e. The second-order valence-electron chi connectivity index (χ2n) is 5.05. The van der Waals surface area contributed by atoms with Crippen molar-refractivity contribution in [1.29, 1.82) is 0 Å². The van der Waals surface area contributed by atoms with Gasteiger partial charge in [-0.3, -0.25) is 0 Å². The number of nitrogens with zero attached hydrogens (tertiary/aromatic N) is 1. The molecule has 1 aliphatic rings. The minimum absolute atomic E-state index is 0.140. The van der Waals surface area contributed by atoms with Crippen LogP contribution in [0.4, 0.5) is 5.69 Å². The molecule has 1 fully saturated rings. The molecule has 2 atom stereocenters. The zero-order chi connectivity index (χ0) is 14.9. The van der Waals surface area contributed by atoms with Crippen molar-refractivity contribution in [3.8, 4) is 0 Å². The van der Waals surface area contributed by atoms with Crippen LogP contribution in [0.3, 0.4) is 0 Å². The third kappa shape index (κ3) is 3.42. The lowest BCUT2D eigenvalue weighted by molar-refractivity contribution is 0.584. The average molecular weight is 335 g/mol. The predicted octanol–water partition coefficient (Wildman–Crippen LogP) is 2.28. The summed E-state index contributed by atoms with van der Waals surface area (Å²) in [5.41, 5.74) is 7.56. The zero-order valence-electron chi connectivity index (χ0n) is 11.5. The van der Waals surface area contributed by atoms with Crippen molar-refractivity contribution in [3.05, 3.63) is 28.8 Å². The maximum atomic E-state index is 11.9. The number of sulfone groups is 1. The molecule has 0 amide bonds. The van der Waals surface area contributed by atoms with Crippen molar-refractivity contribution >= 4 is 38.9 Å². The van der Waals surface area contributed by atoms with Crippen LogP contribution in [0.5, 0.6) is 0 Å². The number of nitrogens with two attached hydrogens (primary N) is 1. The summed E-state index contributed by atoms with van der Waals surface area (Å²) in [4.78, 5) is 1.92. The van der Waals surface area contributed by atoms with Gasteiger partial charge in [-0.25, -0.2) is 8.42 Å². The molecule has 1 heterocycles. The zero-order valence-corrected chi connectivity index (χ0v) is 13.9. The largest absolute Gasteiger partial charge is 0.353 e. The van der Waals surface area contributed by atoms with E-state index in [0.717, 1.165) is 17.0 Å². The molecule has 20 heavy (non-hydrogen) atoms. The molecule has 0 radical (unpaired) electrons. The molecular weight excluding hydrogens is 316 g/mol. The minimum Gasteiger partial charge on any atom is -0.353 e. The lowest BCUT2D eigenvalue weighted by Gasteiger charge is -2.36. The fourth-order valence-electron chi connectivity index (χ4n) is 2.30. The van der Waals surface area contributed by atoms with Gasteiger partial charge < -0.3 is 10.6 Å². The summed E-state index contributed by atoms with van der Waals surface area (Å²) in [6, 6.07) is 5.45. The lowest BCUT2D eigenvalue weighted by atomic mass is 10.1. The van der Waals surface area contributed by atoms with E-state index in [1.807, 2.05) is 30.0 Å². The molecule has 4 nitrogen and oxygen atoms in total. The van der Waals surface area contributed by atoms with Crippen molar-refractivity contribution in [2.24, 2.45) is 5.73 Å². The molecule has 1 aromatic carbocycles. The molecule has 0 bridgehead atoms. The maximum absolute atomic E-state index is 11.9.